The van der Waals surface area contributed by atoms with Gasteiger partial charge >= 0.3 is 11.9 Å². The van der Waals surface area contributed by atoms with Crippen molar-refractivity contribution in [2.75, 3.05) is 30.3 Å². The number of hydrogen-bond donors (Lipinski definition) is 3. The van der Waals surface area contributed by atoms with Gasteiger partial charge in [-0.15, -0.1) is 0 Å². The molecule has 2 aliphatic heterocycles. The van der Waals surface area contributed by atoms with Gasteiger partial charge in [0.05, 0.1) is 30.1 Å². The first-order valence-corrected chi connectivity index (χ1v) is 13.7. The van der Waals surface area contributed by atoms with E-state index in [1.165, 1.54) is 12.8 Å². The molecule has 0 bridgehead atoms. The lowest BCUT2D eigenvalue weighted by Gasteiger charge is -2.32. The molecule has 0 amide bonds. The second-order valence-corrected chi connectivity index (χ2v) is 10.6. The summed E-state index contributed by atoms with van der Waals surface area (Å²) in [5.41, 5.74) is 4.20. The molecule has 9 nitrogen and oxygen atoms in total. The van der Waals surface area contributed by atoms with Crippen molar-refractivity contribution in [2.24, 2.45) is 5.92 Å². The van der Waals surface area contributed by atoms with E-state index in [0.717, 1.165) is 40.7 Å². The molecule has 2 fully saturated rings. The zero-order valence-corrected chi connectivity index (χ0v) is 22.2. The third-order valence-corrected chi connectivity index (χ3v) is 7.59. The maximum absolute atomic E-state index is 12.4. The minimum Gasteiger partial charge on any atom is -0.416 e. The lowest BCUT2D eigenvalue weighted by molar-refractivity contribution is -0.225. The summed E-state index contributed by atoms with van der Waals surface area (Å²) < 4.78 is 11.5. The summed E-state index contributed by atoms with van der Waals surface area (Å²) in [6.45, 7) is 2.26. The Morgan fingerprint density at radius 1 is 0.974 bits per heavy atom. The molecule has 202 valence electrons. The molecule has 1 aromatic heterocycles. The third-order valence-electron chi connectivity index (χ3n) is 7.28. The summed E-state index contributed by atoms with van der Waals surface area (Å²) in [5.74, 6) is -0.156. The molecular formula is C29H30ClN5O4. The highest BCUT2D eigenvalue weighted by Crippen LogP contribution is 2.40. The van der Waals surface area contributed by atoms with Crippen LogP contribution >= 0.6 is 11.6 Å². The summed E-state index contributed by atoms with van der Waals surface area (Å²) in [6, 6.07) is 13.5. The van der Waals surface area contributed by atoms with Crippen LogP contribution in [0.25, 0.3) is 11.4 Å². The van der Waals surface area contributed by atoms with Crippen LogP contribution in [0.5, 0.6) is 0 Å². The summed E-state index contributed by atoms with van der Waals surface area (Å²) in [4.78, 5) is 33.8. The zero-order chi connectivity index (χ0) is 26.8. The number of aromatic nitrogens is 2. The van der Waals surface area contributed by atoms with Gasteiger partial charge in [-0.1, -0.05) is 35.9 Å². The molecule has 1 spiro atoms. The number of nitrogens with zero attached hydrogens (tertiary/aromatic N) is 2. The van der Waals surface area contributed by atoms with Gasteiger partial charge in [0.25, 0.3) is 5.79 Å². The Balaban J connectivity index is 1.21. The Kier molecular flexibility index (Phi) is 7.10. The molecule has 39 heavy (non-hydrogen) atoms. The van der Waals surface area contributed by atoms with Crippen molar-refractivity contribution < 1.29 is 19.1 Å². The van der Waals surface area contributed by atoms with E-state index in [0.29, 0.717) is 35.9 Å². The van der Waals surface area contributed by atoms with Crippen LogP contribution in [0.15, 0.2) is 48.7 Å². The van der Waals surface area contributed by atoms with Gasteiger partial charge in [-0.3, -0.25) is 9.59 Å². The molecule has 6 rings (SSSR count). The minimum atomic E-state index is -1.51. The molecule has 1 saturated heterocycles. The van der Waals surface area contributed by atoms with Crippen LogP contribution in [0.4, 0.5) is 11.5 Å². The number of ether oxygens (including phenoxy) is 2. The average Bonchev–Trinajstić information content (AvgIpc) is 3.79. The SMILES string of the molecule is O=C1CCC(=O)OC2(CNCCc3c2ccc(Cl)c3NCc2ccc(-c3nccc(NCC4CC4)n3)cc2)O1. The first-order valence-electron chi connectivity index (χ1n) is 13.4. The standard InChI is InChI=1S/C29H30ClN5O4/c30-23-8-7-22-21(11-13-31-17-29(22)38-25(36)9-10-26(37)39-29)27(23)34-16-19-3-5-20(6-4-19)28-32-14-12-24(35-28)33-15-18-1-2-18/h3-8,12,14,18,31,34H,1-2,9-11,13,15-17H2,(H,32,33,35). The smallest absolute Gasteiger partial charge is 0.309 e. The second-order valence-electron chi connectivity index (χ2n) is 10.2. The predicted molar refractivity (Wildman–Crippen MR) is 147 cm³/mol. The van der Waals surface area contributed by atoms with Gasteiger partial charge < -0.3 is 25.4 Å². The lowest BCUT2D eigenvalue weighted by atomic mass is 9.96. The molecule has 2 aromatic carbocycles. The maximum Gasteiger partial charge on any atom is 0.309 e. The molecule has 3 N–H and O–H groups in total. The topological polar surface area (TPSA) is 114 Å². The van der Waals surface area contributed by atoms with Gasteiger partial charge in [-0.2, -0.15) is 0 Å². The van der Waals surface area contributed by atoms with Crippen LogP contribution < -0.4 is 16.0 Å². The zero-order valence-electron chi connectivity index (χ0n) is 21.5. The van der Waals surface area contributed by atoms with Gasteiger partial charge in [-0.25, -0.2) is 9.97 Å². The number of anilines is 2. The highest BCUT2D eigenvalue weighted by molar-refractivity contribution is 6.33. The van der Waals surface area contributed by atoms with Gasteiger partial charge in [0, 0.05) is 30.4 Å². The first-order chi connectivity index (χ1) is 19.0. The molecular weight excluding hydrogens is 518 g/mol. The van der Waals surface area contributed by atoms with Crippen LogP contribution in [-0.2, 0) is 37.8 Å². The van der Waals surface area contributed by atoms with E-state index in [4.69, 9.17) is 21.1 Å². The number of halogens is 1. The van der Waals surface area contributed by atoms with E-state index in [2.05, 4.69) is 25.9 Å². The van der Waals surface area contributed by atoms with Gasteiger partial charge in [0.2, 0.25) is 0 Å². The Morgan fingerprint density at radius 2 is 1.74 bits per heavy atom. The van der Waals surface area contributed by atoms with E-state index in [-0.39, 0.29) is 19.4 Å². The van der Waals surface area contributed by atoms with Gasteiger partial charge in [0.1, 0.15) is 5.82 Å². The molecule has 1 aliphatic carbocycles. The van der Waals surface area contributed by atoms with Crippen molar-refractivity contribution in [3.63, 3.8) is 0 Å². The van der Waals surface area contributed by atoms with Crippen molar-refractivity contribution in [2.45, 2.75) is 44.4 Å². The monoisotopic (exact) mass is 547 g/mol. The van der Waals surface area contributed by atoms with Crippen molar-refractivity contribution >= 4 is 35.0 Å². The van der Waals surface area contributed by atoms with Gasteiger partial charge in [-0.05, 0) is 61.1 Å². The summed E-state index contributed by atoms with van der Waals surface area (Å²) in [7, 11) is 0. The molecule has 3 aliphatic rings. The van der Waals surface area contributed by atoms with E-state index >= 15 is 0 Å². The maximum atomic E-state index is 12.4. The summed E-state index contributed by atoms with van der Waals surface area (Å²) in [5, 5.41) is 10.6. The number of esters is 2. The first kappa shape index (κ1) is 25.6. The third kappa shape index (κ3) is 5.69. The number of carbonyl (C=O) groups excluding carboxylic acids is 2. The number of nitrogens with one attached hydrogen (secondary N) is 3. The predicted octanol–water partition coefficient (Wildman–Crippen LogP) is 4.41. The van der Waals surface area contributed by atoms with Crippen molar-refractivity contribution in [1.82, 2.24) is 15.3 Å². The molecule has 3 heterocycles. The average molecular weight is 548 g/mol. The van der Waals surface area contributed by atoms with Crippen molar-refractivity contribution in [3.05, 3.63) is 70.4 Å². The molecule has 0 radical (unpaired) electrons. The second kappa shape index (κ2) is 10.8. The normalized spacial score (nSPS) is 18.4. The van der Waals surface area contributed by atoms with E-state index in [9.17, 15) is 9.59 Å². The fourth-order valence-electron chi connectivity index (χ4n) is 4.99. The van der Waals surface area contributed by atoms with Crippen molar-refractivity contribution in [1.29, 1.82) is 0 Å². The highest BCUT2D eigenvalue weighted by atomic mass is 35.5. The molecule has 0 atom stereocenters. The molecule has 1 saturated carbocycles. The molecule has 10 heteroatoms. The fourth-order valence-corrected chi connectivity index (χ4v) is 5.24. The number of carbonyl (C=O) groups is 2. The number of benzene rings is 2. The van der Waals surface area contributed by atoms with Crippen LogP contribution in [0.1, 0.15) is 42.4 Å². The Morgan fingerprint density at radius 3 is 2.49 bits per heavy atom. The fraction of sp³-hybridized carbons (Fsp3) is 0.379. The Bertz CT molecular complexity index is 1370. The Labute approximate surface area is 231 Å². The summed E-state index contributed by atoms with van der Waals surface area (Å²) in [6.07, 6.45) is 4.97. The number of rotatable bonds is 7. The van der Waals surface area contributed by atoms with Crippen LogP contribution in [0.2, 0.25) is 5.02 Å². The number of hydrogen-bond acceptors (Lipinski definition) is 9. The van der Waals surface area contributed by atoms with E-state index in [1.54, 1.807) is 18.3 Å². The quantitative estimate of drug-likeness (QED) is 0.370. The van der Waals surface area contributed by atoms with Crippen LogP contribution in [-0.4, -0.2) is 41.5 Å². The summed E-state index contributed by atoms with van der Waals surface area (Å²) >= 11 is 6.65. The minimum absolute atomic E-state index is 0.00306. The lowest BCUT2D eigenvalue weighted by Crippen LogP contribution is -2.43. The Hall–Kier alpha value is -3.69. The molecule has 0 unspecified atom stereocenters. The molecule has 3 aromatic rings. The largest absolute Gasteiger partial charge is 0.416 e. The highest BCUT2D eigenvalue weighted by Gasteiger charge is 2.46. The van der Waals surface area contributed by atoms with Gasteiger partial charge in [0.15, 0.2) is 5.82 Å². The van der Waals surface area contributed by atoms with Crippen molar-refractivity contribution in [3.8, 4) is 11.4 Å². The number of fused-ring (bicyclic) bond motifs is 2. The van der Waals surface area contributed by atoms with Crippen LogP contribution in [0.3, 0.4) is 0 Å². The van der Waals surface area contributed by atoms with Crippen LogP contribution in [0, 0.1) is 5.92 Å². The van der Waals surface area contributed by atoms with E-state index in [1.807, 2.05) is 30.3 Å². The van der Waals surface area contributed by atoms with E-state index < -0.39 is 17.7 Å².